The van der Waals surface area contributed by atoms with E-state index in [2.05, 4.69) is 15.9 Å². The SMILES string of the molecule is NC(=O)[C@@H]1CCCCN1C(=O)COC(=O)c1ccc(F)cc1Br. The van der Waals surface area contributed by atoms with Crippen LogP contribution in [0.25, 0.3) is 0 Å². The molecule has 1 heterocycles. The molecule has 1 aromatic carbocycles. The van der Waals surface area contributed by atoms with E-state index in [1.807, 2.05) is 0 Å². The maximum atomic E-state index is 13.0. The van der Waals surface area contributed by atoms with Crippen molar-refractivity contribution in [1.82, 2.24) is 4.90 Å². The van der Waals surface area contributed by atoms with Crippen LogP contribution in [0.1, 0.15) is 29.6 Å². The van der Waals surface area contributed by atoms with Gasteiger partial charge >= 0.3 is 5.97 Å². The summed E-state index contributed by atoms with van der Waals surface area (Å²) < 4.78 is 18.2. The minimum atomic E-state index is -0.752. The Morgan fingerprint density at radius 2 is 2.09 bits per heavy atom. The maximum Gasteiger partial charge on any atom is 0.339 e. The monoisotopic (exact) mass is 386 g/mol. The summed E-state index contributed by atoms with van der Waals surface area (Å²) >= 11 is 3.06. The van der Waals surface area contributed by atoms with E-state index in [0.717, 1.165) is 25.0 Å². The Balaban J connectivity index is 1.97. The number of halogens is 2. The van der Waals surface area contributed by atoms with Gasteiger partial charge in [-0.05, 0) is 53.4 Å². The number of carbonyl (C=O) groups excluding carboxylic acids is 3. The van der Waals surface area contributed by atoms with Gasteiger partial charge in [0.1, 0.15) is 11.9 Å². The van der Waals surface area contributed by atoms with Crippen molar-refractivity contribution in [1.29, 1.82) is 0 Å². The number of amides is 2. The van der Waals surface area contributed by atoms with Gasteiger partial charge in [0.05, 0.1) is 5.56 Å². The predicted octanol–water partition coefficient (Wildman–Crippen LogP) is 1.61. The Morgan fingerprint density at radius 1 is 1.35 bits per heavy atom. The molecule has 6 nitrogen and oxygen atoms in total. The molecule has 2 amide bonds. The fourth-order valence-corrected chi connectivity index (χ4v) is 2.98. The van der Waals surface area contributed by atoms with Gasteiger partial charge in [0.15, 0.2) is 6.61 Å². The number of benzene rings is 1. The van der Waals surface area contributed by atoms with Crippen molar-refractivity contribution in [3.8, 4) is 0 Å². The third-order valence-electron chi connectivity index (χ3n) is 3.63. The number of nitrogens with two attached hydrogens (primary N) is 1. The standard InChI is InChI=1S/C15H16BrFN2O4/c16-11-7-9(17)4-5-10(11)15(22)23-8-13(20)19-6-2-1-3-12(19)14(18)21/h4-5,7,12H,1-3,6,8H2,(H2,18,21)/t12-/m0/s1. The molecule has 2 rings (SSSR count). The number of primary amides is 1. The van der Waals surface area contributed by atoms with Crippen LogP contribution in [0, 0.1) is 5.82 Å². The molecule has 1 fully saturated rings. The lowest BCUT2D eigenvalue weighted by Crippen LogP contribution is -2.51. The minimum absolute atomic E-state index is 0.115. The number of piperidine rings is 1. The zero-order valence-corrected chi connectivity index (χ0v) is 13.8. The van der Waals surface area contributed by atoms with E-state index < -0.39 is 36.2 Å². The first-order chi connectivity index (χ1) is 10.9. The molecule has 2 N–H and O–H groups in total. The highest BCUT2D eigenvalue weighted by Crippen LogP contribution is 2.20. The zero-order chi connectivity index (χ0) is 17.0. The number of ether oxygens (including phenoxy) is 1. The highest BCUT2D eigenvalue weighted by atomic mass is 79.9. The largest absolute Gasteiger partial charge is 0.452 e. The summed E-state index contributed by atoms with van der Waals surface area (Å²) in [4.78, 5) is 36.8. The van der Waals surface area contributed by atoms with Gasteiger partial charge in [0, 0.05) is 11.0 Å². The Labute approximate surface area is 140 Å². The number of rotatable bonds is 4. The molecule has 1 aromatic rings. The summed E-state index contributed by atoms with van der Waals surface area (Å²) in [5, 5.41) is 0. The molecule has 0 bridgehead atoms. The molecule has 8 heteroatoms. The van der Waals surface area contributed by atoms with Gasteiger partial charge < -0.3 is 15.4 Å². The Kier molecular flexibility index (Phi) is 5.70. The molecule has 0 saturated carbocycles. The Bertz CT molecular complexity index is 638. The van der Waals surface area contributed by atoms with E-state index in [1.165, 1.54) is 11.0 Å². The van der Waals surface area contributed by atoms with E-state index in [9.17, 15) is 18.8 Å². The fraction of sp³-hybridized carbons (Fsp3) is 0.400. The number of likely N-dealkylation sites (tertiary alicyclic amines) is 1. The fourth-order valence-electron chi connectivity index (χ4n) is 2.47. The smallest absolute Gasteiger partial charge is 0.339 e. The van der Waals surface area contributed by atoms with E-state index in [0.29, 0.717) is 13.0 Å². The van der Waals surface area contributed by atoms with E-state index in [-0.39, 0.29) is 10.0 Å². The van der Waals surface area contributed by atoms with Crippen LogP contribution in [0.4, 0.5) is 4.39 Å². The lowest BCUT2D eigenvalue weighted by molar-refractivity contribution is -0.143. The zero-order valence-electron chi connectivity index (χ0n) is 12.3. The molecular weight excluding hydrogens is 371 g/mol. The maximum absolute atomic E-state index is 13.0. The van der Waals surface area contributed by atoms with Crippen LogP contribution in [0.15, 0.2) is 22.7 Å². The lowest BCUT2D eigenvalue weighted by Gasteiger charge is -2.33. The van der Waals surface area contributed by atoms with Crippen molar-refractivity contribution < 1.29 is 23.5 Å². The van der Waals surface area contributed by atoms with Gasteiger partial charge in [-0.2, -0.15) is 0 Å². The Hall–Kier alpha value is -1.96. The van der Waals surface area contributed by atoms with E-state index in [1.54, 1.807) is 0 Å². The van der Waals surface area contributed by atoms with Gasteiger partial charge in [-0.1, -0.05) is 0 Å². The van der Waals surface area contributed by atoms with Gasteiger partial charge in [0.2, 0.25) is 5.91 Å². The van der Waals surface area contributed by atoms with Crippen molar-refractivity contribution >= 4 is 33.7 Å². The normalized spacial score (nSPS) is 17.7. The van der Waals surface area contributed by atoms with Crippen molar-refractivity contribution in [3.63, 3.8) is 0 Å². The van der Waals surface area contributed by atoms with Crippen molar-refractivity contribution in [2.75, 3.05) is 13.2 Å². The summed E-state index contributed by atoms with van der Waals surface area (Å²) in [5.74, 6) is -2.29. The van der Waals surface area contributed by atoms with Crippen LogP contribution < -0.4 is 5.73 Å². The molecular formula is C15H16BrFN2O4. The van der Waals surface area contributed by atoms with Crippen LogP contribution in [-0.2, 0) is 14.3 Å². The first kappa shape index (κ1) is 17.4. The van der Waals surface area contributed by atoms with E-state index >= 15 is 0 Å². The molecule has 0 unspecified atom stereocenters. The second kappa shape index (κ2) is 7.54. The van der Waals surface area contributed by atoms with E-state index in [4.69, 9.17) is 10.5 Å². The highest BCUT2D eigenvalue weighted by Gasteiger charge is 2.31. The quantitative estimate of drug-likeness (QED) is 0.795. The molecule has 0 aliphatic carbocycles. The van der Waals surface area contributed by atoms with Crippen molar-refractivity contribution in [2.24, 2.45) is 5.73 Å². The molecule has 1 atom stereocenters. The summed E-state index contributed by atoms with van der Waals surface area (Å²) in [7, 11) is 0. The molecule has 0 aromatic heterocycles. The van der Waals surface area contributed by atoms with Crippen LogP contribution in [-0.4, -0.2) is 41.9 Å². The van der Waals surface area contributed by atoms with Gasteiger partial charge in [-0.25, -0.2) is 9.18 Å². The summed E-state index contributed by atoms with van der Waals surface area (Å²) in [6.45, 7) is -0.0866. The Morgan fingerprint density at radius 3 is 2.74 bits per heavy atom. The second-order valence-corrected chi connectivity index (χ2v) is 6.06. The van der Waals surface area contributed by atoms with Gasteiger partial charge in [-0.15, -0.1) is 0 Å². The van der Waals surface area contributed by atoms with Gasteiger partial charge in [0.25, 0.3) is 5.91 Å². The predicted molar refractivity (Wildman–Crippen MR) is 82.9 cm³/mol. The molecule has 1 aliphatic heterocycles. The number of nitrogens with zero attached hydrogens (tertiary/aromatic N) is 1. The second-order valence-electron chi connectivity index (χ2n) is 5.20. The number of hydrogen-bond acceptors (Lipinski definition) is 4. The third kappa shape index (κ3) is 4.28. The highest BCUT2D eigenvalue weighted by molar-refractivity contribution is 9.10. The number of hydrogen-bond donors (Lipinski definition) is 1. The van der Waals surface area contributed by atoms with Crippen molar-refractivity contribution in [3.05, 3.63) is 34.1 Å². The summed E-state index contributed by atoms with van der Waals surface area (Å²) in [6, 6.07) is 2.86. The molecule has 1 aliphatic rings. The van der Waals surface area contributed by atoms with Crippen LogP contribution in [0.3, 0.4) is 0 Å². The summed E-state index contributed by atoms with van der Waals surface area (Å²) in [5.41, 5.74) is 5.41. The van der Waals surface area contributed by atoms with Crippen LogP contribution in [0.5, 0.6) is 0 Å². The molecule has 23 heavy (non-hydrogen) atoms. The number of esters is 1. The third-order valence-corrected chi connectivity index (χ3v) is 4.29. The summed E-state index contributed by atoms with van der Waals surface area (Å²) in [6.07, 6.45) is 2.10. The molecule has 0 spiro atoms. The first-order valence-corrected chi connectivity index (χ1v) is 7.90. The van der Waals surface area contributed by atoms with Crippen LogP contribution >= 0.6 is 15.9 Å². The molecule has 1 saturated heterocycles. The average Bonchev–Trinajstić information content (AvgIpc) is 2.52. The minimum Gasteiger partial charge on any atom is -0.452 e. The molecule has 0 radical (unpaired) electrons. The lowest BCUT2D eigenvalue weighted by atomic mass is 10.0. The number of carbonyl (C=O) groups is 3. The van der Waals surface area contributed by atoms with Gasteiger partial charge in [-0.3, -0.25) is 9.59 Å². The molecule has 124 valence electrons. The average molecular weight is 387 g/mol. The van der Waals surface area contributed by atoms with Crippen molar-refractivity contribution in [2.45, 2.75) is 25.3 Å². The first-order valence-electron chi connectivity index (χ1n) is 7.11. The van der Waals surface area contributed by atoms with Crippen LogP contribution in [0.2, 0.25) is 0 Å². The topological polar surface area (TPSA) is 89.7 Å².